The Morgan fingerprint density at radius 2 is 2.11 bits per heavy atom. The van der Waals surface area contributed by atoms with Crippen LogP contribution in [0.1, 0.15) is 0 Å². The summed E-state index contributed by atoms with van der Waals surface area (Å²) in [5, 5.41) is 16.7. The maximum Gasteiger partial charge on any atom is 0.190 e. The molecule has 18 heavy (non-hydrogen) atoms. The molecule has 0 amide bonds. The zero-order chi connectivity index (χ0) is 12.4. The van der Waals surface area contributed by atoms with Crippen LogP contribution in [-0.4, -0.2) is 36.4 Å². The zero-order valence-electron chi connectivity index (χ0n) is 9.97. The van der Waals surface area contributed by atoms with Crippen molar-refractivity contribution in [3.63, 3.8) is 0 Å². The normalized spacial score (nSPS) is 15.9. The van der Waals surface area contributed by atoms with Gasteiger partial charge in [-0.3, -0.25) is 0 Å². The van der Waals surface area contributed by atoms with Crippen molar-refractivity contribution in [1.29, 1.82) is 0 Å². The number of piperazine rings is 1. The molecule has 1 aromatic carbocycles. The number of benzene rings is 1. The highest BCUT2D eigenvalue weighted by Gasteiger charge is 2.19. The van der Waals surface area contributed by atoms with Gasteiger partial charge in [0.15, 0.2) is 5.76 Å². The second-order valence-corrected chi connectivity index (χ2v) is 4.33. The molecule has 1 aromatic heterocycles. The van der Waals surface area contributed by atoms with Crippen molar-refractivity contribution in [3.05, 3.63) is 30.5 Å². The molecule has 0 unspecified atom stereocenters. The Labute approximate surface area is 105 Å². The summed E-state index contributed by atoms with van der Waals surface area (Å²) in [6.45, 7) is 3.80. The van der Waals surface area contributed by atoms with E-state index in [1.807, 2.05) is 6.07 Å². The van der Waals surface area contributed by atoms with E-state index in [0.717, 1.165) is 37.4 Å². The number of aromatic hydroxyl groups is 1. The topological polar surface area (TPSA) is 61.5 Å². The third-order valence-electron chi connectivity index (χ3n) is 3.12. The molecule has 0 spiro atoms. The van der Waals surface area contributed by atoms with Gasteiger partial charge in [0.1, 0.15) is 11.4 Å². The summed E-state index contributed by atoms with van der Waals surface area (Å²) in [6, 6.07) is 7.04. The van der Waals surface area contributed by atoms with Crippen LogP contribution in [0.15, 0.2) is 35.0 Å². The summed E-state index contributed by atoms with van der Waals surface area (Å²) in [6.07, 6.45) is 1.74. The highest BCUT2D eigenvalue weighted by Crippen LogP contribution is 2.32. The molecule has 1 aliphatic heterocycles. The van der Waals surface area contributed by atoms with Crippen LogP contribution in [0.3, 0.4) is 0 Å². The first-order valence-corrected chi connectivity index (χ1v) is 6.04. The Balaban J connectivity index is 1.95. The Kier molecular flexibility index (Phi) is 2.90. The van der Waals surface area contributed by atoms with E-state index in [9.17, 15) is 5.11 Å². The highest BCUT2D eigenvalue weighted by molar-refractivity contribution is 5.73. The van der Waals surface area contributed by atoms with Gasteiger partial charge < -0.3 is 19.8 Å². The van der Waals surface area contributed by atoms with Crippen molar-refractivity contribution in [3.8, 4) is 17.1 Å². The number of anilines is 1. The number of hydrogen-bond donors (Lipinski definition) is 2. The average molecular weight is 245 g/mol. The second-order valence-electron chi connectivity index (χ2n) is 4.33. The molecular formula is C13H15N3O2. The third kappa shape index (κ3) is 2.04. The van der Waals surface area contributed by atoms with Crippen LogP contribution in [0.5, 0.6) is 5.75 Å². The fraction of sp³-hybridized carbons (Fsp3) is 0.308. The number of phenolic OH excluding ortho intramolecular Hbond substituents is 1. The number of nitrogens with one attached hydrogen (secondary N) is 1. The first-order valence-electron chi connectivity index (χ1n) is 6.04. The fourth-order valence-corrected chi connectivity index (χ4v) is 2.21. The van der Waals surface area contributed by atoms with Crippen molar-refractivity contribution < 1.29 is 9.63 Å². The predicted octanol–water partition coefficient (Wildman–Crippen LogP) is 1.46. The van der Waals surface area contributed by atoms with Crippen LogP contribution in [0.25, 0.3) is 11.3 Å². The summed E-state index contributed by atoms with van der Waals surface area (Å²) in [5.74, 6) is 0.947. The van der Waals surface area contributed by atoms with Crippen molar-refractivity contribution >= 4 is 5.69 Å². The molecule has 0 saturated carbocycles. The van der Waals surface area contributed by atoms with E-state index in [1.165, 1.54) is 0 Å². The Bertz CT molecular complexity index is 533. The Morgan fingerprint density at radius 1 is 1.28 bits per heavy atom. The molecule has 1 saturated heterocycles. The molecule has 5 nitrogen and oxygen atoms in total. The minimum Gasteiger partial charge on any atom is -0.508 e. The van der Waals surface area contributed by atoms with Gasteiger partial charge in [0.25, 0.3) is 0 Å². The predicted molar refractivity (Wildman–Crippen MR) is 68.7 cm³/mol. The summed E-state index contributed by atoms with van der Waals surface area (Å²) in [4.78, 5) is 2.24. The van der Waals surface area contributed by atoms with E-state index in [0.29, 0.717) is 5.76 Å². The van der Waals surface area contributed by atoms with Crippen LogP contribution in [0.2, 0.25) is 0 Å². The monoisotopic (exact) mass is 245 g/mol. The quantitative estimate of drug-likeness (QED) is 0.838. The SMILES string of the molecule is Oc1cccc(-c2oncc2N2CCNCC2)c1. The number of hydrogen-bond acceptors (Lipinski definition) is 5. The first kappa shape index (κ1) is 11.1. The molecule has 1 fully saturated rings. The molecule has 0 aliphatic carbocycles. The van der Waals surface area contributed by atoms with Gasteiger partial charge in [-0.25, -0.2) is 0 Å². The summed E-state index contributed by atoms with van der Waals surface area (Å²) in [5.41, 5.74) is 1.84. The van der Waals surface area contributed by atoms with Crippen molar-refractivity contribution in [2.75, 3.05) is 31.1 Å². The van der Waals surface area contributed by atoms with Crippen LogP contribution >= 0.6 is 0 Å². The minimum atomic E-state index is 0.232. The Hall–Kier alpha value is -2.01. The Morgan fingerprint density at radius 3 is 2.89 bits per heavy atom. The molecule has 0 bridgehead atoms. The lowest BCUT2D eigenvalue weighted by molar-refractivity contribution is 0.431. The molecule has 1 aliphatic rings. The van der Waals surface area contributed by atoms with E-state index >= 15 is 0 Å². The second kappa shape index (κ2) is 4.70. The molecule has 0 radical (unpaired) electrons. The van der Waals surface area contributed by atoms with E-state index in [-0.39, 0.29) is 5.75 Å². The number of phenols is 1. The molecular weight excluding hydrogens is 230 g/mol. The lowest BCUT2D eigenvalue weighted by Crippen LogP contribution is -2.43. The van der Waals surface area contributed by atoms with Crippen LogP contribution in [0, 0.1) is 0 Å². The van der Waals surface area contributed by atoms with Crippen LogP contribution in [-0.2, 0) is 0 Å². The smallest absolute Gasteiger partial charge is 0.190 e. The van der Waals surface area contributed by atoms with E-state index < -0.39 is 0 Å². The maximum absolute atomic E-state index is 9.53. The third-order valence-corrected chi connectivity index (χ3v) is 3.12. The zero-order valence-corrected chi connectivity index (χ0v) is 9.97. The average Bonchev–Trinajstić information content (AvgIpc) is 2.89. The minimum absolute atomic E-state index is 0.232. The van der Waals surface area contributed by atoms with Gasteiger partial charge in [-0.15, -0.1) is 0 Å². The van der Waals surface area contributed by atoms with Gasteiger partial charge in [0.2, 0.25) is 0 Å². The van der Waals surface area contributed by atoms with Crippen molar-refractivity contribution in [2.45, 2.75) is 0 Å². The van der Waals surface area contributed by atoms with Gasteiger partial charge in [-0.05, 0) is 12.1 Å². The lowest BCUT2D eigenvalue weighted by Gasteiger charge is -2.28. The molecule has 5 heteroatoms. The van der Waals surface area contributed by atoms with Crippen LogP contribution < -0.4 is 10.2 Å². The molecule has 2 aromatic rings. The van der Waals surface area contributed by atoms with Gasteiger partial charge in [0, 0.05) is 31.7 Å². The van der Waals surface area contributed by atoms with E-state index in [2.05, 4.69) is 15.4 Å². The molecule has 2 heterocycles. The molecule has 3 rings (SSSR count). The number of rotatable bonds is 2. The summed E-state index contributed by atoms with van der Waals surface area (Å²) < 4.78 is 5.34. The van der Waals surface area contributed by atoms with Crippen molar-refractivity contribution in [2.24, 2.45) is 0 Å². The largest absolute Gasteiger partial charge is 0.508 e. The highest BCUT2D eigenvalue weighted by atomic mass is 16.5. The van der Waals surface area contributed by atoms with Gasteiger partial charge in [-0.1, -0.05) is 17.3 Å². The molecule has 94 valence electrons. The van der Waals surface area contributed by atoms with Crippen LogP contribution in [0.4, 0.5) is 5.69 Å². The number of nitrogens with zero attached hydrogens (tertiary/aromatic N) is 2. The van der Waals surface area contributed by atoms with Crippen molar-refractivity contribution in [1.82, 2.24) is 10.5 Å². The van der Waals surface area contributed by atoms with Gasteiger partial charge in [0.05, 0.1) is 6.20 Å². The lowest BCUT2D eigenvalue weighted by atomic mass is 10.1. The van der Waals surface area contributed by atoms with Gasteiger partial charge >= 0.3 is 0 Å². The molecule has 2 N–H and O–H groups in total. The summed E-state index contributed by atoms with van der Waals surface area (Å²) >= 11 is 0. The van der Waals surface area contributed by atoms with E-state index in [4.69, 9.17) is 4.52 Å². The molecule has 0 atom stereocenters. The first-order chi connectivity index (χ1) is 8.84. The standard InChI is InChI=1S/C13H15N3O2/c17-11-3-1-2-10(8-11)13-12(9-15-18-13)16-6-4-14-5-7-16/h1-3,8-9,14,17H,4-7H2. The number of aromatic nitrogens is 1. The maximum atomic E-state index is 9.53. The van der Waals surface area contributed by atoms with E-state index in [1.54, 1.807) is 24.4 Å². The fourth-order valence-electron chi connectivity index (χ4n) is 2.21. The van der Waals surface area contributed by atoms with Gasteiger partial charge in [-0.2, -0.15) is 0 Å². The summed E-state index contributed by atoms with van der Waals surface area (Å²) in [7, 11) is 0.